The third kappa shape index (κ3) is 3.35. The molecule has 0 spiro atoms. The van der Waals surface area contributed by atoms with Gasteiger partial charge < -0.3 is 10.0 Å². The van der Waals surface area contributed by atoms with Crippen LogP contribution in [0.4, 0.5) is 4.39 Å². The van der Waals surface area contributed by atoms with Crippen molar-refractivity contribution in [2.24, 2.45) is 0 Å². The number of nitrogens with zero attached hydrogens (tertiary/aromatic N) is 5. The van der Waals surface area contributed by atoms with Crippen LogP contribution < -0.4 is 0 Å². The number of hydrogen-bond acceptors (Lipinski definition) is 6. The van der Waals surface area contributed by atoms with Crippen LogP contribution in [0, 0.1) is 5.82 Å². The van der Waals surface area contributed by atoms with E-state index in [0.717, 1.165) is 10.4 Å². The zero-order chi connectivity index (χ0) is 19.8. The van der Waals surface area contributed by atoms with E-state index in [0.29, 0.717) is 43.4 Å². The standard InChI is InChI=1S/C19H22FN5O2S/c1-3-15-21-19-25(22-15)18(27)17(28-19)16(13-4-6-14(20)7-5-13)24-10-8-23(9-11-24)12(2)26/h4-7,16,27H,3,8-11H2,1-2H3. The number of halogens is 1. The average Bonchev–Trinajstić information content (AvgIpc) is 3.23. The normalized spacial score (nSPS) is 16.6. The van der Waals surface area contributed by atoms with Crippen LogP contribution in [-0.2, 0) is 11.2 Å². The summed E-state index contributed by atoms with van der Waals surface area (Å²) in [5, 5.41) is 15.2. The molecule has 1 unspecified atom stereocenters. The Bertz CT molecular complexity index is 992. The van der Waals surface area contributed by atoms with Crippen molar-refractivity contribution in [1.29, 1.82) is 0 Å². The van der Waals surface area contributed by atoms with Crippen LogP contribution >= 0.6 is 11.3 Å². The smallest absolute Gasteiger partial charge is 0.230 e. The first-order valence-electron chi connectivity index (χ1n) is 9.30. The third-order valence-corrected chi connectivity index (χ3v) is 6.19. The second-order valence-corrected chi connectivity index (χ2v) is 7.87. The monoisotopic (exact) mass is 403 g/mol. The summed E-state index contributed by atoms with van der Waals surface area (Å²) in [5.41, 5.74) is 0.883. The number of aryl methyl sites for hydroxylation is 1. The second kappa shape index (κ2) is 7.48. The van der Waals surface area contributed by atoms with Crippen LogP contribution in [0.25, 0.3) is 4.96 Å². The molecule has 1 N–H and O–H groups in total. The fourth-order valence-corrected chi connectivity index (χ4v) is 4.72. The summed E-state index contributed by atoms with van der Waals surface area (Å²) < 4.78 is 15.0. The zero-order valence-corrected chi connectivity index (χ0v) is 16.6. The summed E-state index contributed by atoms with van der Waals surface area (Å²) in [6.45, 7) is 6.10. The van der Waals surface area contributed by atoms with Gasteiger partial charge in [0.1, 0.15) is 5.82 Å². The van der Waals surface area contributed by atoms with Crippen molar-refractivity contribution in [1.82, 2.24) is 24.4 Å². The van der Waals surface area contributed by atoms with Crippen molar-refractivity contribution >= 4 is 22.2 Å². The van der Waals surface area contributed by atoms with Gasteiger partial charge in [0.2, 0.25) is 16.7 Å². The lowest BCUT2D eigenvalue weighted by Crippen LogP contribution is -2.49. The molecule has 2 aromatic heterocycles. The summed E-state index contributed by atoms with van der Waals surface area (Å²) in [7, 11) is 0. The first-order chi connectivity index (χ1) is 13.5. The van der Waals surface area contributed by atoms with Crippen molar-refractivity contribution in [2.75, 3.05) is 26.2 Å². The maximum absolute atomic E-state index is 13.5. The first kappa shape index (κ1) is 18.8. The highest BCUT2D eigenvalue weighted by molar-refractivity contribution is 7.17. The van der Waals surface area contributed by atoms with Gasteiger partial charge in [0, 0.05) is 39.5 Å². The van der Waals surface area contributed by atoms with Gasteiger partial charge in [-0.3, -0.25) is 9.69 Å². The Morgan fingerprint density at radius 2 is 1.93 bits per heavy atom. The van der Waals surface area contributed by atoms with Crippen molar-refractivity contribution in [2.45, 2.75) is 26.3 Å². The Hall–Kier alpha value is -2.52. The molecule has 7 nitrogen and oxygen atoms in total. The van der Waals surface area contributed by atoms with E-state index in [9.17, 15) is 14.3 Å². The molecular weight excluding hydrogens is 381 g/mol. The fraction of sp³-hybridized carbons (Fsp3) is 0.421. The van der Waals surface area contributed by atoms with Crippen LogP contribution in [0.15, 0.2) is 24.3 Å². The summed E-state index contributed by atoms with van der Waals surface area (Å²) in [5.74, 6) is 0.507. The molecule has 0 radical (unpaired) electrons. The molecular formula is C19H22FN5O2S. The molecule has 1 atom stereocenters. The van der Waals surface area contributed by atoms with E-state index >= 15 is 0 Å². The largest absolute Gasteiger partial charge is 0.492 e. The van der Waals surface area contributed by atoms with Crippen molar-refractivity contribution < 1.29 is 14.3 Å². The quantitative estimate of drug-likeness (QED) is 0.724. The lowest BCUT2D eigenvalue weighted by Gasteiger charge is -2.38. The Labute approximate surface area is 166 Å². The highest BCUT2D eigenvalue weighted by atomic mass is 32.1. The average molecular weight is 403 g/mol. The van der Waals surface area contributed by atoms with Gasteiger partial charge in [-0.25, -0.2) is 9.37 Å². The summed E-state index contributed by atoms with van der Waals surface area (Å²) in [6.07, 6.45) is 0.692. The van der Waals surface area contributed by atoms with Gasteiger partial charge in [0.15, 0.2) is 5.82 Å². The highest BCUT2D eigenvalue weighted by Gasteiger charge is 2.32. The number of aromatic hydroxyl groups is 1. The third-order valence-electron chi connectivity index (χ3n) is 5.12. The minimum absolute atomic E-state index is 0.0618. The van der Waals surface area contributed by atoms with E-state index in [-0.39, 0.29) is 23.6 Å². The molecule has 9 heteroatoms. The molecule has 1 saturated heterocycles. The molecule has 0 bridgehead atoms. The Balaban J connectivity index is 1.73. The second-order valence-electron chi connectivity index (χ2n) is 6.86. The van der Waals surface area contributed by atoms with Gasteiger partial charge in [-0.15, -0.1) is 5.10 Å². The maximum Gasteiger partial charge on any atom is 0.230 e. The molecule has 3 heterocycles. The molecule has 0 saturated carbocycles. The molecule has 1 amide bonds. The lowest BCUT2D eigenvalue weighted by molar-refractivity contribution is -0.130. The molecule has 1 fully saturated rings. The minimum atomic E-state index is -0.302. The van der Waals surface area contributed by atoms with E-state index in [2.05, 4.69) is 15.0 Å². The number of aromatic nitrogens is 3. The van der Waals surface area contributed by atoms with E-state index in [1.165, 1.54) is 28.0 Å². The van der Waals surface area contributed by atoms with Crippen molar-refractivity contribution in [3.63, 3.8) is 0 Å². The number of piperazine rings is 1. The van der Waals surface area contributed by atoms with E-state index < -0.39 is 0 Å². The SMILES string of the molecule is CCc1nc2sc(C(c3ccc(F)cc3)N3CCN(C(C)=O)CC3)c(O)n2n1. The fourth-order valence-electron chi connectivity index (χ4n) is 3.59. The number of rotatable bonds is 4. The van der Waals surface area contributed by atoms with Crippen LogP contribution in [0.3, 0.4) is 0 Å². The Kier molecular flexibility index (Phi) is 5.03. The van der Waals surface area contributed by atoms with Gasteiger partial charge in [-0.1, -0.05) is 30.4 Å². The number of amides is 1. The van der Waals surface area contributed by atoms with E-state index in [1.54, 1.807) is 19.1 Å². The van der Waals surface area contributed by atoms with Crippen LogP contribution in [0.2, 0.25) is 0 Å². The van der Waals surface area contributed by atoms with Gasteiger partial charge in [-0.2, -0.15) is 4.52 Å². The van der Waals surface area contributed by atoms with Crippen LogP contribution in [0.1, 0.15) is 36.2 Å². The first-order valence-corrected chi connectivity index (χ1v) is 10.1. The number of hydrogen-bond donors (Lipinski definition) is 1. The Morgan fingerprint density at radius 1 is 1.25 bits per heavy atom. The minimum Gasteiger partial charge on any atom is -0.492 e. The predicted molar refractivity (Wildman–Crippen MR) is 104 cm³/mol. The van der Waals surface area contributed by atoms with E-state index in [1.807, 2.05) is 11.8 Å². The van der Waals surface area contributed by atoms with E-state index in [4.69, 9.17) is 0 Å². The molecule has 0 aliphatic carbocycles. The van der Waals surface area contributed by atoms with Gasteiger partial charge in [0.25, 0.3) is 0 Å². The van der Waals surface area contributed by atoms with Gasteiger partial charge in [-0.05, 0) is 17.7 Å². The Morgan fingerprint density at radius 3 is 2.50 bits per heavy atom. The molecule has 4 rings (SSSR count). The molecule has 3 aromatic rings. The zero-order valence-electron chi connectivity index (χ0n) is 15.8. The number of carbonyl (C=O) groups excluding carboxylic acids is 1. The maximum atomic E-state index is 13.5. The lowest BCUT2D eigenvalue weighted by atomic mass is 10.0. The number of fused-ring (bicyclic) bond motifs is 1. The van der Waals surface area contributed by atoms with Crippen molar-refractivity contribution in [3.05, 3.63) is 46.3 Å². The molecule has 1 aliphatic heterocycles. The summed E-state index contributed by atoms with van der Waals surface area (Å²) in [4.78, 5) is 21.5. The number of thiazole rings is 1. The molecule has 1 aliphatic rings. The van der Waals surface area contributed by atoms with Crippen LogP contribution in [-0.4, -0.2) is 61.6 Å². The van der Waals surface area contributed by atoms with Gasteiger partial charge >= 0.3 is 0 Å². The number of benzene rings is 1. The number of carbonyl (C=O) groups is 1. The predicted octanol–water partition coefficient (Wildman–Crippen LogP) is 2.45. The molecule has 1 aromatic carbocycles. The summed E-state index contributed by atoms with van der Waals surface area (Å²) >= 11 is 1.39. The topological polar surface area (TPSA) is 74.0 Å². The van der Waals surface area contributed by atoms with Crippen LogP contribution in [0.5, 0.6) is 5.88 Å². The van der Waals surface area contributed by atoms with Gasteiger partial charge in [0.05, 0.1) is 10.9 Å². The summed E-state index contributed by atoms with van der Waals surface area (Å²) in [6, 6.07) is 6.08. The highest BCUT2D eigenvalue weighted by Crippen LogP contribution is 2.40. The molecule has 28 heavy (non-hydrogen) atoms. The van der Waals surface area contributed by atoms with Crippen molar-refractivity contribution in [3.8, 4) is 5.88 Å². The molecule has 148 valence electrons.